The molecule has 0 aliphatic heterocycles. The van der Waals surface area contributed by atoms with E-state index in [1.54, 1.807) is 6.07 Å². The van der Waals surface area contributed by atoms with Crippen LogP contribution in [0.2, 0.25) is 0 Å². The highest BCUT2D eigenvalue weighted by Gasteiger charge is 2.11. The molecule has 0 aliphatic carbocycles. The molecule has 14 heavy (non-hydrogen) atoms. The fourth-order valence-electron chi connectivity index (χ4n) is 1.52. The second kappa shape index (κ2) is 5.26. The van der Waals surface area contributed by atoms with Crippen LogP contribution >= 0.6 is 11.6 Å². The molecule has 2 heteroatoms. The van der Waals surface area contributed by atoms with E-state index in [9.17, 15) is 5.11 Å². The Balaban J connectivity index is 2.79. The van der Waals surface area contributed by atoms with Crippen LogP contribution < -0.4 is 0 Å². The first-order valence-corrected chi connectivity index (χ1v) is 5.53. The molecule has 0 spiro atoms. The van der Waals surface area contributed by atoms with Gasteiger partial charge >= 0.3 is 0 Å². The molecule has 0 radical (unpaired) electrons. The molecule has 0 saturated carbocycles. The lowest BCUT2D eigenvalue weighted by Gasteiger charge is -2.12. The number of phenolic OH excluding ortho intramolecular Hbond substituents is 1. The summed E-state index contributed by atoms with van der Waals surface area (Å²) in [5.41, 5.74) is 1.96. The fourth-order valence-corrected chi connectivity index (χ4v) is 1.91. The van der Waals surface area contributed by atoms with Crippen LogP contribution in [-0.4, -0.2) is 5.11 Å². The van der Waals surface area contributed by atoms with Crippen LogP contribution in [0.5, 0.6) is 5.75 Å². The van der Waals surface area contributed by atoms with Crippen molar-refractivity contribution < 1.29 is 5.11 Å². The zero-order valence-corrected chi connectivity index (χ0v) is 9.51. The topological polar surface area (TPSA) is 20.2 Å². The Kier molecular flexibility index (Phi) is 4.27. The summed E-state index contributed by atoms with van der Waals surface area (Å²) in [4.78, 5) is 0. The number of hydrogen-bond donors (Lipinski definition) is 1. The molecule has 1 atom stereocenters. The van der Waals surface area contributed by atoms with Gasteiger partial charge in [0.1, 0.15) is 5.75 Å². The monoisotopic (exact) mass is 212 g/mol. The Morgan fingerprint density at radius 3 is 2.79 bits per heavy atom. The van der Waals surface area contributed by atoms with E-state index >= 15 is 0 Å². The number of unbranched alkanes of at least 4 members (excludes halogenated alkanes) is 1. The van der Waals surface area contributed by atoms with Crippen LogP contribution in [0, 0.1) is 6.92 Å². The molecular weight excluding hydrogens is 196 g/mol. The van der Waals surface area contributed by atoms with Crippen molar-refractivity contribution in [3.8, 4) is 5.75 Å². The summed E-state index contributed by atoms with van der Waals surface area (Å²) in [5, 5.41) is 9.55. The standard InChI is InChI=1S/C12H17ClO/c1-3-4-7-11(13)10-6-5-8-12(14)9(10)2/h5-6,8,11,14H,3-4,7H2,1-2H3. The Labute approximate surface area is 90.7 Å². The van der Waals surface area contributed by atoms with E-state index in [1.165, 1.54) is 0 Å². The van der Waals surface area contributed by atoms with Crippen molar-refractivity contribution in [1.82, 2.24) is 0 Å². The third-order valence-corrected chi connectivity index (χ3v) is 2.95. The summed E-state index contributed by atoms with van der Waals surface area (Å²) in [6.45, 7) is 4.06. The molecule has 1 rings (SSSR count). The number of rotatable bonds is 4. The summed E-state index contributed by atoms with van der Waals surface area (Å²) in [6, 6.07) is 5.53. The Hall–Kier alpha value is -0.690. The van der Waals surface area contributed by atoms with Crippen LogP contribution in [0.15, 0.2) is 18.2 Å². The van der Waals surface area contributed by atoms with Gasteiger partial charge in [-0.15, -0.1) is 11.6 Å². The van der Waals surface area contributed by atoms with Crippen molar-refractivity contribution in [2.75, 3.05) is 0 Å². The van der Waals surface area contributed by atoms with Gasteiger partial charge in [-0.05, 0) is 30.5 Å². The minimum atomic E-state index is 0.0297. The molecule has 1 unspecified atom stereocenters. The van der Waals surface area contributed by atoms with Gasteiger partial charge in [0.25, 0.3) is 0 Å². The lowest BCUT2D eigenvalue weighted by molar-refractivity contribution is 0.469. The Bertz CT molecular complexity index is 296. The van der Waals surface area contributed by atoms with Gasteiger partial charge in [-0.25, -0.2) is 0 Å². The van der Waals surface area contributed by atoms with Gasteiger partial charge in [0, 0.05) is 0 Å². The molecule has 1 nitrogen and oxygen atoms in total. The molecule has 0 bridgehead atoms. The van der Waals surface area contributed by atoms with E-state index in [1.807, 2.05) is 19.1 Å². The second-order valence-corrected chi connectivity index (χ2v) is 4.13. The van der Waals surface area contributed by atoms with E-state index in [0.29, 0.717) is 5.75 Å². The van der Waals surface area contributed by atoms with E-state index < -0.39 is 0 Å². The van der Waals surface area contributed by atoms with Crippen molar-refractivity contribution in [3.05, 3.63) is 29.3 Å². The van der Waals surface area contributed by atoms with Crippen molar-refractivity contribution in [3.63, 3.8) is 0 Å². The first-order valence-electron chi connectivity index (χ1n) is 5.09. The highest BCUT2D eigenvalue weighted by Crippen LogP contribution is 2.32. The molecule has 1 N–H and O–H groups in total. The van der Waals surface area contributed by atoms with Crippen molar-refractivity contribution >= 4 is 11.6 Å². The maximum absolute atomic E-state index is 9.52. The molecule has 1 aromatic carbocycles. The highest BCUT2D eigenvalue weighted by atomic mass is 35.5. The summed E-state index contributed by atoms with van der Waals surface area (Å²) in [5.74, 6) is 0.338. The molecular formula is C12H17ClO. The van der Waals surface area contributed by atoms with Gasteiger partial charge in [0.05, 0.1) is 5.38 Å². The molecule has 0 heterocycles. The van der Waals surface area contributed by atoms with E-state index in [2.05, 4.69) is 6.92 Å². The summed E-state index contributed by atoms with van der Waals surface area (Å²) in [6.07, 6.45) is 3.26. The van der Waals surface area contributed by atoms with E-state index in [4.69, 9.17) is 11.6 Å². The zero-order chi connectivity index (χ0) is 10.6. The zero-order valence-electron chi connectivity index (χ0n) is 8.76. The van der Waals surface area contributed by atoms with Crippen molar-refractivity contribution in [2.24, 2.45) is 0 Å². The molecule has 0 aliphatic rings. The Morgan fingerprint density at radius 2 is 2.14 bits per heavy atom. The van der Waals surface area contributed by atoms with Gasteiger partial charge in [0.2, 0.25) is 0 Å². The number of benzene rings is 1. The van der Waals surface area contributed by atoms with E-state index in [-0.39, 0.29) is 5.38 Å². The van der Waals surface area contributed by atoms with Gasteiger partial charge in [0.15, 0.2) is 0 Å². The summed E-state index contributed by atoms with van der Waals surface area (Å²) < 4.78 is 0. The number of alkyl halides is 1. The maximum atomic E-state index is 9.52. The average molecular weight is 213 g/mol. The van der Waals surface area contributed by atoms with E-state index in [0.717, 1.165) is 30.4 Å². The van der Waals surface area contributed by atoms with Gasteiger partial charge in [-0.2, -0.15) is 0 Å². The van der Waals surface area contributed by atoms with Crippen molar-refractivity contribution in [1.29, 1.82) is 0 Å². The van der Waals surface area contributed by atoms with Crippen LogP contribution in [0.1, 0.15) is 42.7 Å². The highest BCUT2D eigenvalue weighted by molar-refractivity contribution is 6.20. The average Bonchev–Trinajstić information content (AvgIpc) is 2.18. The molecule has 1 aromatic rings. The van der Waals surface area contributed by atoms with Crippen LogP contribution in [0.4, 0.5) is 0 Å². The first-order chi connectivity index (χ1) is 6.66. The predicted molar refractivity (Wildman–Crippen MR) is 61.0 cm³/mol. The van der Waals surface area contributed by atoms with Crippen LogP contribution in [0.25, 0.3) is 0 Å². The molecule has 0 aromatic heterocycles. The summed E-state index contributed by atoms with van der Waals surface area (Å²) in [7, 11) is 0. The Morgan fingerprint density at radius 1 is 1.43 bits per heavy atom. The number of halogens is 1. The largest absolute Gasteiger partial charge is 0.508 e. The first kappa shape index (κ1) is 11.4. The molecule has 0 amide bonds. The normalized spacial score (nSPS) is 12.8. The summed E-state index contributed by atoms with van der Waals surface area (Å²) >= 11 is 6.25. The van der Waals surface area contributed by atoms with Crippen LogP contribution in [-0.2, 0) is 0 Å². The SMILES string of the molecule is CCCCC(Cl)c1cccc(O)c1C. The third kappa shape index (κ3) is 2.65. The lowest BCUT2D eigenvalue weighted by atomic mass is 10.0. The predicted octanol–water partition coefficient (Wildman–Crippen LogP) is 4.17. The third-order valence-electron chi connectivity index (χ3n) is 2.50. The smallest absolute Gasteiger partial charge is 0.118 e. The van der Waals surface area contributed by atoms with Gasteiger partial charge in [-0.1, -0.05) is 31.9 Å². The minimum Gasteiger partial charge on any atom is -0.508 e. The number of aromatic hydroxyl groups is 1. The number of hydrogen-bond acceptors (Lipinski definition) is 1. The fraction of sp³-hybridized carbons (Fsp3) is 0.500. The molecule has 0 fully saturated rings. The second-order valence-electron chi connectivity index (χ2n) is 3.60. The molecule has 78 valence electrons. The van der Waals surface area contributed by atoms with Crippen LogP contribution in [0.3, 0.4) is 0 Å². The quantitative estimate of drug-likeness (QED) is 0.743. The lowest BCUT2D eigenvalue weighted by Crippen LogP contribution is -1.94. The van der Waals surface area contributed by atoms with Gasteiger partial charge < -0.3 is 5.11 Å². The van der Waals surface area contributed by atoms with Crippen molar-refractivity contribution in [2.45, 2.75) is 38.5 Å². The molecule has 0 saturated heterocycles. The van der Waals surface area contributed by atoms with Gasteiger partial charge in [-0.3, -0.25) is 0 Å². The minimum absolute atomic E-state index is 0.0297. The maximum Gasteiger partial charge on any atom is 0.118 e. The number of phenols is 1.